The molecule has 0 atom stereocenters. The Labute approximate surface area is 120 Å². The summed E-state index contributed by atoms with van der Waals surface area (Å²) in [5.74, 6) is 1.84. The highest BCUT2D eigenvalue weighted by Crippen LogP contribution is 2.30. The number of hydrogen-bond donors (Lipinski definition) is 1. The molecule has 106 valence electrons. The maximum atomic E-state index is 5.45. The summed E-state index contributed by atoms with van der Waals surface area (Å²) in [6.45, 7) is 4.84. The van der Waals surface area contributed by atoms with Crippen LogP contribution in [0.1, 0.15) is 16.7 Å². The normalized spacial score (nSPS) is 10.2. The first-order valence-electron chi connectivity index (χ1n) is 6.67. The molecule has 0 fully saturated rings. The van der Waals surface area contributed by atoms with E-state index >= 15 is 0 Å². The van der Waals surface area contributed by atoms with Gasteiger partial charge in [-0.2, -0.15) is 0 Å². The van der Waals surface area contributed by atoms with E-state index in [0.717, 1.165) is 40.4 Å². The lowest BCUT2D eigenvalue weighted by Gasteiger charge is -2.15. The largest absolute Gasteiger partial charge is 0.496 e. The molecule has 0 saturated heterocycles. The zero-order valence-corrected chi connectivity index (χ0v) is 12.5. The molecule has 0 radical (unpaired) electrons. The third-order valence-corrected chi connectivity index (χ3v) is 3.47. The molecular formula is C17H21NO2. The fraction of sp³-hybridized carbons (Fsp3) is 0.294. The summed E-state index contributed by atoms with van der Waals surface area (Å²) < 4.78 is 10.8. The van der Waals surface area contributed by atoms with E-state index in [4.69, 9.17) is 9.47 Å². The lowest BCUT2D eigenvalue weighted by Crippen LogP contribution is -2.04. The van der Waals surface area contributed by atoms with Gasteiger partial charge in [-0.15, -0.1) is 0 Å². The van der Waals surface area contributed by atoms with Gasteiger partial charge in [0, 0.05) is 23.4 Å². The van der Waals surface area contributed by atoms with Crippen molar-refractivity contribution in [1.29, 1.82) is 0 Å². The van der Waals surface area contributed by atoms with Crippen LogP contribution in [-0.4, -0.2) is 14.2 Å². The van der Waals surface area contributed by atoms with Crippen LogP contribution in [0.3, 0.4) is 0 Å². The van der Waals surface area contributed by atoms with Crippen LogP contribution >= 0.6 is 0 Å². The summed E-state index contributed by atoms with van der Waals surface area (Å²) in [7, 11) is 3.40. The number of ether oxygens (including phenoxy) is 2. The van der Waals surface area contributed by atoms with Crippen molar-refractivity contribution < 1.29 is 9.47 Å². The van der Waals surface area contributed by atoms with Crippen molar-refractivity contribution >= 4 is 5.69 Å². The standard InChI is InChI=1S/C17H21NO2/c1-12-9-10-15(13(2)17(12)20-4)18-11-14-7-5-6-8-16(14)19-3/h5-10,18H,11H2,1-4H3. The van der Waals surface area contributed by atoms with Crippen molar-refractivity contribution in [2.45, 2.75) is 20.4 Å². The van der Waals surface area contributed by atoms with Gasteiger partial charge in [-0.1, -0.05) is 24.3 Å². The molecule has 3 nitrogen and oxygen atoms in total. The zero-order chi connectivity index (χ0) is 14.5. The number of aryl methyl sites for hydroxylation is 1. The molecule has 2 rings (SSSR count). The minimum atomic E-state index is 0.719. The van der Waals surface area contributed by atoms with Gasteiger partial charge in [0.05, 0.1) is 14.2 Å². The van der Waals surface area contributed by atoms with Crippen molar-refractivity contribution in [3.05, 3.63) is 53.1 Å². The molecule has 0 aliphatic carbocycles. The van der Waals surface area contributed by atoms with Gasteiger partial charge in [-0.05, 0) is 31.5 Å². The van der Waals surface area contributed by atoms with Crippen molar-refractivity contribution in [2.24, 2.45) is 0 Å². The summed E-state index contributed by atoms with van der Waals surface area (Å²) in [4.78, 5) is 0. The van der Waals surface area contributed by atoms with Crippen LogP contribution in [0.15, 0.2) is 36.4 Å². The van der Waals surface area contributed by atoms with Gasteiger partial charge in [0.1, 0.15) is 11.5 Å². The highest BCUT2D eigenvalue weighted by molar-refractivity contribution is 5.60. The smallest absolute Gasteiger partial charge is 0.126 e. The number of anilines is 1. The fourth-order valence-electron chi connectivity index (χ4n) is 2.37. The number of hydrogen-bond acceptors (Lipinski definition) is 3. The molecule has 0 unspecified atom stereocenters. The maximum Gasteiger partial charge on any atom is 0.126 e. The number of nitrogens with one attached hydrogen (secondary N) is 1. The van der Waals surface area contributed by atoms with Crippen molar-refractivity contribution in [1.82, 2.24) is 0 Å². The SMILES string of the molecule is COc1ccccc1CNc1ccc(C)c(OC)c1C. The molecule has 0 bridgehead atoms. The second-order valence-corrected chi connectivity index (χ2v) is 4.75. The average molecular weight is 271 g/mol. The van der Waals surface area contributed by atoms with Gasteiger partial charge in [0.25, 0.3) is 0 Å². The molecule has 2 aromatic rings. The minimum absolute atomic E-state index is 0.719. The fourth-order valence-corrected chi connectivity index (χ4v) is 2.37. The van der Waals surface area contributed by atoms with Crippen LogP contribution in [-0.2, 0) is 6.54 Å². The van der Waals surface area contributed by atoms with Gasteiger partial charge in [-0.3, -0.25) is 0 Å². The van der Waals surface area contributed by atoms with Gasteiger partial charge >= 0.3 is 0 Å². The summed E-state index contributed by atoms with van der Waals surface area (Å²) in [5, 5.41) is 3.45. The number of methoxy groups -OCH3 is 2. The Hall–Kier alpha value is -2.16. The lowest BCUT2D eigenvalue weighted by atomic mass is 10.1. The molecular weight excluding hydrogens is 250 g/mol. The topological polar surface area (TPSA) is 30.5 Å². The molecule has 0 heterocycles. The molecule has 0 aliphatic rings. The van der Waals surface area contributed by atoms with E-state index in [9.17, 15) is 0 Å². The van der Waals surface area contributed by atoms with Crippen LogP contribution in [0.25, 0.3) is 0 Å². The Morgan fingerprint density at radius 2 is 1.70 bits per heavy atom. The van der Waals surface area contributed by atoms with Crippen LogP contribution in [0.4, 0.5) is 5.69 Å². The second-order valence-electron chi connectivity index (χ2n) is 4.75. The van der Waals surface area contributed by atoms with E-state index < -0.39 is 0 Å². The first-order valence-corrected chi connectivity index (χ1v) is 6.67. The van der Waals surface area contributed by atoms with E-state index in [2.05, 4.69) is 37.4 Å². The number of rotatable bonds is 5. The first kappa shape index (κ1) is 14.3. The van der Waals surface area contributed by atoms with E-state index in [1.165, 1.54) is 0 Å². The molecule has 2 aromatic carbocycles. The maximum absolute atomic E-state index is 5.45. The van der Waals surface area contributed by atoms with Gasteiger partial charge in [-0.25, -0.2) is 0 Å². The highest BCUT2D eigenvalue weighted by atomic mass is 16.5. The molecule has 3 heteroatoms. The monoisotopic (exact) mass is 271 g/mol. The highest BCUT2D eigenvalue weighted by Gasteiger charge is 2.08. The van der Waals surface area contributed by atoms with Crippen LogP contribution in [0, 0.1) is 13.8 Å². The van der Waals surface area contributed by atoms with E-state index in [1.807, 2.05) is 18.2 Å². The first-order chi connectivity index (χ1) is 9.67. The third kappa shape index (κ3) is 2.87. The average Bonchev–Trinajstić information content (AvgIpc) is 2.47. The lowest BCUT2D eigenvalue weighted by molar-refractivity contribution is 0.408. The van der Waals surface area contributed by atoms with E-state index in [-0.39, 0.29) is 0 Å². The Morgan fingerprint density at radius 1 is 0.950 bits per heavy atom. The Balaban J connectivity index is 2.19. The summed E-state index contributed by atoms with van der Waals surface area (Å²) in [6, 6.07) is 12.2. The minimum Gasteiger partial charge on any atom is -0.496 e. The van der Waals surface area contributed by atoms with Gasteiger partial charge in [0.15, 0.2) is 0 Å². The van der Waals surface area contributed by atoms with Crippen LogP contribution < -0.4 is 14.8 Å². The molecule has 0 aliphatic heterocycles. The van der Waals surface area contributed by atoms with Gasteiger partial charge in [0.2, 0.25) is 0 Å². The Morgan fingerprint density at radius 3 is 2.40 bits per heavy atom. The molecule has 1 N–H and O–H groups in total. The Bertz CT molecular complexity index is 594. The molecule has 0 spiro atoms. The van der Waals surface area contributed by atoms with Crippen molar-refractivity contribution in [3.8, 4) is 11.5 Å². The van der Waals surface area contributed by atoms with Crippen LogP contribution in [0.2, 0.25) is 0 Å². The zero-order valence-electron chi connectivity index (χ0n) is 12.5. The second kappa shape index (κ2) is 6.33. The predicted molar refractivity (Wildman–Crippen MR) is 82.8 cm³/mol. The van der Waals surface area contributed by atoms with E-state index in [0.29, 0.717) is 0 Å². The number of benzene rings is 2. The molecule has 20 heavy (non-hydrogen) atoms. The van der Waals surface area contributed by atoms with E-state index in [1.54, 1.807) is 14.2 Å². The third-order valence-electron chi connectivity index (χ3n) is 3.47. The summed E-state index contributed by atoms with van der Waals surface area (Å²) in [6.07, 6.45) is 0. The summed E-state index contributed by atoms with van der Waals surface area (Å²) >= 11 is 0. The quantitative estimate of drug-likeness (QED) is 0.893. The molecule has 0 amide bonds. The molecule has 0 aromatic heterocycles. The van der Waals surface area contributed by atoms with Gasteiger partial charge < -0.3 is 14.8 Å². The van der Waals surface area contributed by atoms with Crippen molar-refractivity contribution in [2.75, 3.05) is 19.5 Å². The molecule has 0 saturated carbocycles. The summed E-state index contributed by atoms with van der Waals surface area (Å²) in [5.41, 5.74) is 4.49. The van der Waals surface area contributed by atoms with Crippen molar-refractivity contribution in [3.63, 3.8) is 0 Å². The number of para-hydroxylation sites is 1. The predicted octanol–water partition coefficient (Wildman–Crippen LogP) is 3.93. The Kier molecular flexibility index (Phi) is 4.51. The van der Waals surface area contributed by atoms with Crippen LogP contribution in [0.5, 0.6) is 11.5 Å².